The molecule has 1 aromatic carbocycles. The summed E-state index contributed by atoms with van der Waals surface area (Å²) in [6.45, 7) is 2.95. The molecule has 28 heavy (non-hydrogen) atoms. The van der Waals surface area contributed by atoms with E-state index in [1.54, 1.807) is 36.1 Å². The van der Waals surface area contributed by atoms with Gasteiger partial charge in [-0.3, -0.25) is 14.4 Å². The van der Waals surface area contributed by atoms with Crippen molar-refractivity contribution in [3.63, 3.8) is 0 Å². The van der Waals surface area contributed by atoms with Crippen molar-refractivity contribution in [3.05, 3.63) is 29.8 Å². The lowest BCUT2D eigenvalue weighted by Gasteiger charge is -2.33. The summed E-state index contributed by atoms with van der Waals surface area (Å²) in [6.07, 6.45) is 7.88. The summed E-state index contributed by atoms with van der Waals surface area (Å²) in [4.78, 5) is 38.8. The maximum atomic E-state index is 12.9. The van der Waals surface area contributed by atoms with Crippen molar-refractivity contribution >= 4 is 23.4 Å². The molecule has 3 rings (SSSR count). The molecule has 0 radical (unpaired) electrons. The van der Waals surface area contributed by atoms with Gasteiger partial charge in [0.15, 0.2) is 0 Å². The number of carbonyl (C=O) groups is 3. The minimum Gasteiger partial charge on any atom is -0.353 e. The number of piperidine rings is 1. The van der Waals surface area contributed by atoms with E-state index in [0.717, 1.165) is 25.7 Å². The zero-order valence-corrected chi connectivity index (χ0v) is 16.7. The quantitative estimate of drug-likeness (QED) is 0.816. The number of hydrogen-bond acceptors (Lipinski definition) is 3. The number of benzene rings is 1. The lowest BCUT2D eigenvalue weighted by atomic mass is 9.92. The molecule has 0 unspecified atom stereocenters. The van der Waals surface area contributed by atoms with E-state index in [1.165, 1.54) is 19.3 Å². The second-order valence-electron chi connectivity index (χ2n) is 7.91. The highest BCUT2D eigenvalue weighted by Crippen LogP contribution is 2.22. The summed E-state index contributed by atoms with van der Waals surface area (Å²) >= 11 is 0. The van der Waals surface area contributed by atoms with Gasteiger partial charge in [-0.2, -0.15) is 0 Å². The van der Waals surface area contributed by atoms with Gasteiger partial charge in [-0.25, -0.2) is 0 Å². The largest absolute Gasteiger partial charge is 0.353 e. The van der Waals surface area contributed by atoms with Crippen LogP contribution in [-0.2, 0) is 9.59 Å². The molecule has 1 aromatic rings. The molecule has 1 atom stereocenters. The zero-order chi connectivity index (χ0) is 19.9. The molecule has 1 aliphatic carbocycles. The van der Waals surface area contributed by atoms with Crippen molar-refractivity contribution in [2.24, 2.45) is 5.92 Å². The first kappa shape index (κ1) is 20.4. The van der Waals surface area contributed by atoms with Gasteiger partial charge >= 0.3 is 0 Å². The zero-order valence-electron chi connectivity index (χ0n) is 16.7. The third-order valence-corrected chi connectivity index (χ3v) is 5.77. The van der Waals surface area contributed by atoms with E-state index >= 15 is 0 Å². The van der Waals surface area contributed by atoms with Gasteiger partial charge in [-0.05, 0) is 49.9 Å². The normalized spacial score (nSPS) is 20.5. The molecule has 6 nitrogen and oxygen atoms in total. The van der Waals surface area contributed by atoms with Gasteiger partial charge in [-0.15, -0.1) is 0 Å². The molecule has 152 valence electrons. The second kappa shape index (κ2) is 9.71. The molecule has 1 heterocycles. The van der Waals surface area contributed by atoms with Crippen molar-refractivity contribution < 1.29 is 14.4 Å². The van der Waals surface area contributed by atoms with Crippen LogP contribution in [0.5, 0.6) is 0 Å². The van der Waals surface area contributed by atoms with E-state index < -0.39 is 0 Å². The van der Waals surface area contributed by atoms with Crippen LogP contribution >= 0.6 is 0 Å². The van der Waals surface area contributed by atoms with Gasteiger partial charge in [-0.1, -0.05) is 26.2 Å². The van der Waals surface area contributed by atoms with Crippen LogP contribution in [0.25, 0.3) is 0 Å². The Labute approximate surface area is 167 Å². The van der Waals surface area contributed by atoms with E-state index in [-0.39, 0.29) is 23.6 Å². The molecule has 0 spiro atoms. The van der Waals surface area contributed by atoms with Gasteiger partial charge in [0.05, 0.1) is 5.92 Å². The minimum absolute atomic E-state index is 0.0523. The van der Waals surface area contributed by atoms with E-state index in [2.05, 4.69) is 10.6 Å². The summed E-state index contributed by atoms with van der Waals surface area (Å²) in [5.74, 6) is -0.129. The first-order chi connectivity index (χ1) is 13.6. The number of carbonyl (C=O) groups excluding carboxylic acids is 3. The summed E-state index contributed by atoms with van der Waals surface area (Å²) in [6, 6.07) is 7.27. The fraction of sp³-hybridized carbons (Fsp3) is 0.591. The Balaban J connectivity index is 1.56. The maximum Gasteiger partial charge on any atom is 0.253 e. The van der Waals surface area contributed by atoms with Crippen LogP contribution in [0.3, 0.4) is 0 Å². The number of anilines is 1. The Bertz CT molecular complexity index is 695. The Morgan fingerprint density at radius 2 is 1.71 bits per heavy atom. The van der Waals surface area contributed by atoms with Crippen LogP contribution in [0.15, 0.2) is 24.3 Å². The molecular formula is C22H31N3O3. The average molecular weight is 386 g/mol. The third-order valence-electron chi connectivity index (χ3n) is 5.77. The first-order valence-corrected chi connectivity index (χ1v) is 10.6. The second-order valence-corrected chi connectivity index (χ2v) is 7.91. The molecule has 0 bridgehead atoms. The number of rotatable bonds is 5. The minimum atomic E-state index is -0.122. The molecule has 2 aliphatic rings. The summed E-state index contributed by atoms with van der Waals surface area (Å²) in [7, 11) is 0. The van der Waals surface area contributed by atoms with Crippen LogP contribution in [-0.4, -0.2) is 41.8 Å². The van der Waals surface area contributed by atoms with Gasteiger partial charge in [0.1, 0.15) is 0 Å². The average Bonchev–Trinajstić information content (AvgIpc) is 2.74. The molecule has 3 amide bonds. The molecule has 6 heteroatoms. The molecule has 0 aromatic heterocycles. The van der Waals surface area contributed by atoms with Crippen molar-refractivity contribution in [2.45, 2.75) is 64.3 Å². The Morgan fingerprint density at radius 3 is 2.39 bits per heavy atom. The van der Waals surface area contributed by atoms with Gasteiger partial charge in [0, 0.05) is 36.8 Å². The van der Waals surface area contributed by atoms with Crippen molar-refractivity contribution in [2.75, 3.05) is 18.4 Å². The van der Waals surface area contributed by atoms with Crippen molar-refractivity contribution in [1.82, 2.24) is 10.2 Å². The number of nitrogens with zero attached hydrogens (tertiary/aromatic N) is 1. The number of likely N-dealkylation sites (tertiary alicyclic amines) is 1. The van der Waals surface area contributed by atoms with Crippen LogP contribution in [0.2, 0.25) is 0 Å². The predicted octanol–water partition coefficient (Wildman–Crippen LogP) is 3.34. The lowest BCUT2D eigenvalue weighted by Crippen LogP contribution is -2.47. The number of nitrogens with one attached hydrogen (secondary N) is 2. The van der Waals surface area contributed by atoms with Crippen LogP contribution in [0.1, 0.15) is 68.6 Å². The van der Waals surface area contributed by atoms with Gasteiger partial charge in [0.2, 0.25) is 11.8 Å². The lowest BCUT2D eigenvalue weighted by molar-refractivity contribution is -0.127. The summed E-state index contributed by atoms with van der Waals surface area (Å²) < 4.78 is 0. The van der Waals surface area contributed by atoms with Crippen LogP contribution in [0, 0.1) is 5.92 Å². The Morgan fingerprint density at radius 1 is 1.00 bits per heavy atom. The smallest absolute Gasteiger partial charge is 0.253 e. The highest BCUT2D eigenvalue weighted by atomic mass is 16.2. The third kappa shape index (κ3) is 5.33. The fourth-order valence-electron chi connectivity index (χ4n) is 4.07. The predicted molar refractivity (Wildman–Crippen MR) is 109 cm³/mol. The highest BCUT2D eigenvalue weighted by Gasteiger charge is 2.30. The summed E-state index contributed by atoms with van der Waals surface area (Å²) in [5, 5.41) is 5.98. The Hall–Kier alpha value is -2.37. The summed E-state index contributed by atoms with van der Waals surface area (Å²) in [5.41, 5.74) is 1.27. The monoisotopic (exact) mass is 385 g/mol. The van der Waals surface area contributed by atoms with E-state index in [1.807, 2.05) is 0 Å². The standard InChI is InChI=1S/C22H31N3O3/c1-2-20(26)23-19-12-10-16(11-13-19)22(28)25-14-6-7-17(15-25)21(27)24-18-8-4-3-5-9-18/h10-13,17-18H,2-9,14-15H2,1H3,(H,23,26)(H,24,27)/t17-/m1/s1. The molecule has 1 saturated heterocycles. The van der Waals surface area contributed by atoms with Crippen LogP contribution < -0.4 is 10.6 Å². The van der Waals surface area contributed by atoms with E-state index in [9.17, 15) is 14.4 Å². The number of hydrogen-bond donors (Lipinski definition) is 2. The van der Waals surface area contributed by atoms with Crippen molar-refractivity contribution in [1.29, 1.82) is 0 Å². The topological polar surface area (TPSA) is 78.5 Å². The molecule has 2 fully saturated rings. The molecular weight excluding hydrogens is 354 g/mol. The van der Waals surface area contributed by atoms with E-state index in [4.69, 9.17) is 0 Å². The van der Waals surface area contributed by atoms with Gasteiger partial charge in [0.25, 0.3) is 5.91 Å². The highest BCUT2D eigenvalue weighted by molar-refractivity contribution is 5.96. The van der Waals surface area contributed by atoms with Crippen molar-refractivity contribution in [3.8, 4) is 0 Å². The van der Waals surface area contributed by atoms with E-state index in [0.29, 0.717) is 36.8 Å². The molecule has 1 saturated carbocycles. The van der Waals surface area contributed by atoms with Gasteiger partial charge < -0.3 is 15.5 Å². The molecule has 2 N–H and O–H groups in total. The Kier molecular flexibility index (Phi) is 7.06. The first-order valence-electron chi connectivity index (χ1n) is 10.6. The fourth-order valence-corrected chi connectivity index (χ4v) is 4.07. The van der Waals surface area contributed by atoms with Crippen LogP contribution in [0.4, 0.5) is 5.69 Å². The SMILES string of the molecule is CCC(=O)Nc1ccc(C(=O)N2CCC[C@@H](C(=O)NC3CCCCC3)C2)cc1. The maximum absolute atomic E-state index is 12.9. The number of amides is 3. The molecule has 1 aliphatic heterocycles.